The van der Waals surface area contributed by atoms with Crippen molar-refractivity contribution in [1.29, 1.82) is 0 Å². The molecule has 3 heteroatoms. The van der Waals surface area contributed by atoms with Crippen LogP contribution in [0.15, 0.2) is 0 Å². The molecule has 3 N–H and O–H groups in total. The summed E-state index contributed by atoms with van der Waals surface area (Å²) in [6.45, 7) is 3.17. The summed E-state index contributed by atoms with van der Waals surface area (Å²) < 4.78 is 0. The lowest BCUT2D eigenvalue weighted by atomic mass is 10.0. The number of carbonyl (C=O) groups excluding carboxylic acids is 1. The Morgan fingerprint density at radius 2 is 1.10 bits per heavy atom. The van der Waals surface area contributed by atoms with Gasteiger partial charge in [0, 0.05) is 6.54 Å². The molecule has 0 atom stereocenters. The molecule has 0 aliphatic heterocycles. The van der Waals surface area contributed by atoms with Gasteiger partial charge in [0.15, 0.2) is 0 Å². The molecule has 3 nitrogen and oxygen atoms in total. The molecule has 0 spiro atoms. The van der Waals surface area contributed by atoms with Crippen LogP contribution in [0.3, 0.4) is 0 Å². The summed E-state index contributed by atoms with van der Waals surface area (Å²) in [5, 5.41) is 2.81. The van der Waals surface area contributed by atoms with Gasteiger partial charge in [-0.15, -0.1) is 0 Å². The summed E-state index contributed by atoms with van der Waals surface area (Å²) in [6.07, 6.45) is 19.1. The minimum atomic E-state index is -0.0373. The van der Waals surface area contributed by atoms with Crippen LogP contribution < -0.4 is 11.1 Å². The number of nitrogens with one attached hydrogen (secondary N) is 1. The Bertz CT molecular complexity index is 219. The van der Waals surface area contributed by atoms with Crippen LogP contribution in [-0.2, 0) is 4.79 Å². The molecule has 0 aliphatic carbocycles. The van der Waals surface area contributed by atoms with E-state index in [9.17, 15) is 4.79 Å². The van der Waals surface area contributed by atoms with Gasteiger partial charge in [-0.1, -0.05) is 90.4 Å². The smallest absolute Gasteiger partial charge is 0.233 e. The molecule has 21 heavy (non-hydrogen) atoms. The fraction of sp³-hybridized carbons (Fsp3) is 0.944. The molecule has 126 valence electrons. The minimum Gasteiger partial charge on any atom is -0.355 e. The first-order valence-corrected chi connectivity index (χ1v) is 9.28. The monoisotopic (exact) mass is 298 g/mol. The number of carbonyl (C=O) groups is 1. The fourth-order valence-corrected chi connectivity index (χ4v) is 2.62. The van der Waals surface area contributed by atoms with Crippen molar-refractivity contribution in [3.63, 3.8) is 0 Å². The van der Waals surface area contributed by atoms with E-state index in [2.05, 4.69) is 12.2 Å². The molecular formula is C18H38N2O. The second kappa shape index (κ2) is 17.5. The summed E-state index contributed by atoms with van der Waals surface area (Å²) >= 11 is 0. The second-order valence-electron chi connectivity index (χ2n) is 6.15. The highest BCUT2D eigenvalue weighted by Crippen LogP contribution is 2.12. The Kier molecular flexibility index (Phi) is 17.0. The van der Waals surface area contributed by atoms with Crippen molar-refractivity contribution in [1.82, 2.24) is 5.32 Å². The van der Waals surface area contributed by atoms with Crippen LogP contribution in [0.25, 0.3) is 0 Å². The lowest BCUT2D eigenvalue weighted by Gasteiger charge is -2.04. The van der Waals surface area contributed by atoms with E-state index in [1.165, 1.54) is 83.5 Å². The van der Waals surface area contributed by atoms with Crippen molar-refractivity contribution in [3.05, 3.63) is 0 Å². The maximum Gasteiger partial charge on any atom is 0.233 e. The molecule has 0 aromatic heterocycles. The zero-order valence-electron chi connectivity index (χ0n) is 14.3. The van der Waals surface area contributed by atoms with Crippen LogP contribution in [0.4, 0.5) is 0 Å². The van der Waals surface area contributed by atoms with E-state index in [1.807, 2.05) is 0 Å². The van der Waals surface area contributed by atoms with E-state index >= 15 is 0 Å². The van der Waals surface area contributed by atoms with Crippen molar-refractivity contribution in [2.24, 2.45) is 5.73 Å². The fourth-order valence-electron chi connectivity index (χ4n) is 2.62. The van der Waals surface area contributed by atoms with Gasteiger partial charge in [0.2, 0.25) is 5.91 Å². The summed E-state index contributed by atoms with van der Waals surface area (Å²) in [7, 11) is 0. The highest BCUT2D eigenvalue weighted by molar-refractivity contribution is 5.77. The first-order valence-electron chi connectivity index (χ1n) is 9.28. The molecular weight excluding hydrogens is 260 g/mol. The highest BCUT2D eigenvalue weighted by Gasteiger charge is 1.96. The summed E-state index contributed by atoms with van der Waals surface area (Å²) in [5.74, 6) is -0.0373. The van der Waals surface area contributed by atoms with E-state index in [-0.39, 0.29) is 12.5 Å². The molecule has 0 saturated carbocycles. The zero-order valence-corrected chi connectivity index (χ0v) is 14.3. The molecule has 0 aliphatic rings. The van der Waals surface area contributed by atoms with Crippen molar-refractivity contribution >= 4 is 5.91 Å². The molecule has 1 amide bonds. The Balaban J connectivity index is 2.98. The van der Waals surface area contributed by atoms with Gasteiger partial charge in [-0.05, 0) is 6.42 Å². The predicted octanol–water partition coefficient (Wildman–Crippen LogP) is 4.54. The van der Waals surface area contributed by atoms with Crippen molar-refractivity contribution in [3.8, 4) is 0 Å². The SMILES string of the molecule is CCCCCCCCCCCCCCCCNC(=O)CN. The normalized spacial score (nSPS) is 10.8. The summed E-state index contributed by atoms with van der Waals surface area (Å²) in [6, 6.07) is 0. The van der Waals surface area contributed by atoms with E-state index in [0.717, 1.165) is 13.0 Å². The third-order valence-electron chi connectivity index (χ3n) is 4.04. The Morgan fingerprint density at radius 3 is 1.48 bits per heavy atom. The minimum absolute atomic E-state index is 0.0373. The van der Waals surface area contributed by atoms with Gasteiger partial charge >= 0.3 is 0 Å². The molecule has 0 radical (unpaired) electrons. The molecule has 0 aromatic rings. The van der Waals surface area contributed by atoms with Crippen LogP contribution in [0, 0.1) is 0 Å². The maximum atomic E-state index is 10.9. The third kappa shape index (κ3) is 17.4. The summed E-state index contributed by atoms with van der Waals surface area (Å²) in [4.78, 5) is 10.9. The first kappa shape index (κ1) is 20.4. The average Bonchev–Trinajstić information content (AvgIpc) is 2.50. The van der Waals surface area contributed by atoms with Crippen molar-refractivity contribution in [2.75, 3.05) is 13.1 Å². The lowest BCUT2D eigenvalue weighted by Crippen LogP contribution is -2.30. The van der Waals surface area contributed by atoms with Gasteiger partial charge in [-0.2, -0.15) is 0 Å². The summed E-state index contributed by atoms with van der Waals surface area (Å²) in [5.41, 5.74) is 5.22. The molecule has 0 unspecified atom stereocenters. The van der Waals surface area contributed by atoms with Gasteiger partial charge in [0.1, 0.15) is 0 Å². The Labute approximate surface area is 132 Å². The Hall–Kier alpha value is -0.570. The molecule has 0 rings (SSSR count). The highest BCUT2D eigenvalue weighted by atomic mass is 16.1. The van der Waals surface area contributed by atoms with Gasteiger partial charge < -0.3 is 11.1 Å². The van der Waals surface area contributed by atoms with Crippen molar-refractivity contribution < 1.29 is 4.79 Å². The zero-order chi connectivity index (χ0) is 15.6. The van der Waals surface area contributed by atoms with E-state index in [1.54, 1.807) is 0 Å². The molecule has 0 bridgehead atoms. The van der Waals surface area contributed by atoms with Crippen LogP contribution in [0.1, 0.15) is 96.8 Å². The van der Waals surface area contributed by atoms with Crippen LogP contribution in [0.2, 0.25) is 0 Å². The number of hydrogen-bond donors (Lipinski definition) is 2. The lowest BCUT2D eigenvalue weighted by molar-refractivity contribution is -0.119. The largest absolute Gasteiger partial charge is 0.355 e. The topological polar surface area (TPSA) is 55.1 Å². The standard InChI is InChI=1S/C18H38N2O/c1-2-3-4-5-6-7-8-9-10-11-12-13-14-15-16-20-18(21)17-19/h2-17,19H2,1H3,(H,20,21). The number of unbranched alkanes of at least 4 members (excludes halogenated alkanes) is 13. The van der Waals surface area contributed by atoms with Crippen molar-refractivity contribution in [2.45, 2.75) is 96.8 Å². The first-order chi connectivity index (χ1) is 10.3. The van der Waals surface area contributed by atoms with E-state index in [0.29, 0.717) is 0 Å². The van der Waals surface area contributed by atoms with Gasteiger partial charge in [0.05, 0.1) is 6.54 Å². The molecule has 0 heterocycles. The number of hydrogen-bond acceptors (Lipinski definition) is 2. The molecule has 0 fully saturated rings. The maximum absolute atomic E-state index is 10.9. The second-order valence-corrected chi connectivity index (χ2v) is 6.15. The average molecular weight is 299 g/mol. The van der Waals surface area contributed by atoms with E-state index < -0.39 is 0 Å². The molecule has 0 aromatic carbocycles. The van der Waals surface area contributed by atoms with E-state index in [4.69, 9.17) is 5.73 Å². The number of rotatable bonds is 16. The van der Waals surface area contributed by atoms with Crippen LogP contribution in [0.5, 0.6) is 0 Å². The third-order valence-corrected chi connectivity index (χ3v) is 4.04. The molecule has 0 saturated heterocycles. The van der Waals surface area contributed by atoms with Crippen LogP contribution >= 0.6 is 0 Å². The van der Waals surface area contributed by atoms with Gasteiger partial charge in [-0.25, -0.2) is 0 Å². The van der Waals surface area contributed by atoms with Gasteiger partial charge in [0.25, 0.3) is 0 Å². The number of amides is 1. The number of nitrogens with two attached hydrogens (primary N) is 1. The Morgan fingerprint density at radius 1 is 0.714 bits per heavy atom. The van der Waals surface area contributed by atoms with Gasteiger partial charge in [-0.3, -0.25) is 4.79 Å². The quantitative estimate of drug-likeness (QED) is 0.411. The van der Waals surface area contributed by atoms with Crippen LogP contribution in [-0.4, -0.2) is 19.0 Å². The predicted molar refractivity (Wildman–Crippen MR) is 92.4 cm³/mol.